The minimum absolute atomic E-state index is 0.121. The SMILES string of the molecule is CN=C(NCCNC(=O)CC1CCCC1)NCc1ccc(C)cc1OC1CCOC1. The van der Waals surface area contributed by atoms with E-state index in [-0.39, 0.29) is 12.0 Å². The third-order valence-electron chi connectivity index (χ3n) is 5.76. The number of guanidine groups is 1. The third-order valence-corrected chi connectivity index (χ3v) is 5.76. The summed E-state index contributed by atoms with van der Waals surface area (Å²) < 4.78 is 11.6. The van der Waals surface area contributed by atoms with Gasteiger partial charge < -0.3 is 25.4 Å². The quantitative estimate of drug-likeness (QED) is 0.327. The van der Waals surface area contributed by atoms with E-state index >= 15 is 0 Å². The number of carbonyl (C=O) groups excluding carboxylic acids is 1. The van der Waals surface area contributed by atoms with Crippen molar-refractivity contribution in [2.24, 2.45) is 10.9 Å². The van der Waals surface area contributed by atoms with Gasteiger partial charge in [0.25, 0.3) is 0 Å². The zero-order valence-corrected chi connectivity index (χ0v) is 18.3. The summed E-state index contributed by atoms with van der Waals surface area (Å²) in [7, 11) is 1.75. The number of hydrogen-bond acceptors (Lipinski definition) is 4. The Morgan fingerprint density at radius 1 is 1.17 bits per heavy atom. The Morgan fingerprint density at radius 2 is 1.97 bits per heavy atom. The average molecular weight is 417 g/mol. The molecule has 1 aromatic carbocycles. The number of hydrogen-bond donors (Lipinski definition) is 3. The number of rotatable bonds is 9. The van der Waals surface area contributed by atoms with E-state index in [1.807, 2.05) is 0 Å². The van der Waals surface area contributed by atoms with Gasteiger partial charge in [0.15, 0.2) is 5.96 Å². The topological polar surface area (TPSA) is 84.0 Å². The fourth-order valence-electron chi connectivity index (χ4n) is 4.03. The molecule has 1 amide bonds. The molecule has 1 aliphatic carbocycles. The number of nitrogens with zero attached hydrogens (tertiary/aromatic N) is 1. The minimum Gasteiger partial charge on any atom is -0.488 e. The highest BCUT2D eigenvalue weighted by molar-refractivity contribution is 5.80. The number of benzene rings is 1. The first kappa shape index (κ1) is 22.4. The second-order valence-corrected chi connectivity index (χ2v) is 8.27. The number of ether oxygens (including phenoxy) is 2. The zero-order chi connectivity index (χ0) is 21.2. The molecule has 30 heavy (non-hydrogen) atoms. The van der Waals surface area contributed by atoms with Gasteiger partial charge in [-0.1, -0.05) is 25.0 Å². The van der Waals surface area contributed by atoms with E-state index in [2.05, 4.69) is 46.1 Å². The normalized spacial score (nSPS) is 19.7. The molecule has 0 aromatic heterocycles. The fourth-order valence-corrected chi connectivity index (χ4v) is 4.03. The molecule has 1 aromatic rings. The van der Waals surface area contributed by atoms with Crippen LogP contribution in [0, 0.1) is 12.8 Å². The standard InChI is InChI=1S/C23H36N4O3/c1-17-7-8-19(21(13-17)30-20-9-12-29-16-20)15-27-23(24-2)26-11-10-25-22(28)14-18-5-3-4-6-18/h7-8,13,18,20H,3-6,9-12,14-16H2,1-2H3,(H,25,28)(H2,24,26,27). The summed E-state index contributed by atoms with van der Waals surface area (Å²) in [6.45, 7) is 5.31. The maximum absolute atomic E-state index is 12.0. The molecular weight excluding hydrogens is 380 g/mol. The number of nitrogens with one attached hydrogen (secondary N) is 3. The smallest absolute Gasteiger partial charge is 0.220 e. The molecule has 3 rings (SSSR count). The summed E-state index contributed by atoms with van der Waals surface area (Å²) in [4.78, 5) is 16.3. The third kappa shape index (κ3) is 7.20. The molecule has 3 N–H and O–H groups in total. The van der Waals surface area contributed by atoms with Crippen molar-refractivity contribution in [3.63, 3.8) is 0 Å². The fraction of sp³-hybridized carbons (Fsp3) is 0.652. The summed E-state index contributed by atoms with van der Waals surface area (Å²) in [6.07, 6.45) is 6.64. The lowest BCUT2D eigenvalue weighted by Gasteiger charge is -2.18. The number of carbonyl (C=O) groups is 1. The second kappa shape index (κ2) is 11.8. The van der Waals surface area contributed by atoms with Gasteiger partial charge in [0.05, 0.1) is 13.2 Å². The van der Waals surface area contributed by atoms with Crippen molar-refractivity contribution in [2.45, 2.75) is 58.1 Å². The maximum atomic E-state index is 12.0. The van der Waals surface area contributed by atoms with Gasteiger partial charge in [0.2, 0.25) is 5.91 Å². The van der Waals surface area contributed by atoms with E-state index in [9.17, 15) is 4.79 Å². The maximum Gasteiger partial charge on any atom is 0.220 e. The number of amides is 1. The summed E-state index contributed by atoms with van der Waals surface area (Å²) in [5, 5.41) is 9.59. The van der Waals surface area contributed by atoms with Crippen molar-refractivity contribution in [3.05, 3.63) is 29.3 Å². The van der Waals surface area contributed by atoms with Gasteiger partial charge in [-0.15, -0.1) is 0 Å². The van der Waals surface area contributed by atoms with Gasteiger partial charge in [-0.2, -0.15) is 0 Å². The molecule has 1 saturated carbocycles. The van der Waals surface area contributed by atoms with Gasteiger partial charge in [-0.05, 0) is 37.3 Å². The van der Waals surface area contributed by atoms with Crippen LogP contribution in [-0.2, 0) is 16.1 Å². The number of aliphatic imine (C=N–C) groups is 1. The second-order valence-electron chi connectivity index (χ2n) is 8.27. The van der Waals surface area contributed by atoms with Gasteiger partial charge in [-0.3, -0.25) is 9.79 Å². The van der Waals surface area contributed by atoms with Gasteiger partial charge in [0.1, 0.15) is 11.9 Å². The number of aryl methyl sites for hydroxylation is 1. The Kier molecular flexibility index (Phi) is 8.81. The Labute approximate surface area is 180 Å². The van der Waals surface area contributed by atoms with E-state index in [0.717, 1.165) is 24.3 Å². The first-order valence-electron chi connectivity index (χ1n) is 11.2. The van der Waals surface area contributed by atoms with Crippen molar-refractivity contribution in [3.8, 4) is 5.75 Å². The molecule has 0 bridgehead atoms. The van der Waals surface area contributed by atoms with Crippen LogP contribution in [0.1, 0.15) is 49.7 Å². The molecule has 0 radical (unpaired) electrons. The molecule has 0 spiro atoms. The van der Waals surface area contributed by atoms with E-state index in [0.29, 0.717) is 44.5 Å². The first-order chi connectivity index (χ1) is 14.6. The Morgan fingerprint density at radius 3 is 2.70 bits per heavy atom. The molecule has 1 saturated heterocycles. The molecule has 1 unspecified atom stereocenters. The van der Waals surface area contributed by atoms with Crippen molar-refractivity contribution < 1.29 is 14.3 Å². The molecule has 166 valence electrons. The summed E-state index contributed by atoms with van der Waals surface area (Å²) in [5.74, 6) is 2.33. The predicted molar refractivity (Wildman–Crippen MR) is 119 cm³/mol. The molecule has 7 nitrogen and oxygen atoms in total. The summed E-state index contributed by atoms with van der Waals surface area (Å²) in [5.41, 5.74) is 2.25. The van der Waals surface area contributed by atoms with Crippen LogP contribution in [0.25, 0.3) is 0 Å². The Bertz CT molecular complexity index is 710. The van der Waals surface area contributed by atoms with Crippen LogP contribution in [-0.4, -0.2) is 51.3 Å². The van der Waals surface area contributed by atoms with Gasteiger partial charge in [0, 0.05) is 45.1 Å². The zero-order valence-electron chi connectivity index (χ0n) is 18.3. The van der Waals surface area contributed by atoms with Crippen LogP contribution in [0.3, 0.4) is 0 Å². The van der Waals surface area contributed by atoms with E-state index < -0.39 is 0 Å². The van der Waals surface area contributed by atoms with Crippen molar-refractivity contribution in [1.29, 1.82) is 0 Å². The molecular formula is C23H36N4O3. The molecule has 7 heteroatoms. The summed E-state index contributed by atoms with van der Waals surface area (Å²) >= 11 is 0. The highest BCUT2D eigenvalue weighted by Gasteiger charge is 2.19. The average Bonchev–Trinajstić information content (AvgIpc) is 3.43. The lowest BCUT2D eigenvalue weighted by atomic mass is 10.0. The van der Waals surface area contributed by atoms with E-state index in [1.54, 1.807) is 7.05 Å². The Hall–Kier alpha value is -2.28. The van der Waals surface area contributed by atoms with Crippen LogP contribution < -0.4 is 20.7 Å². The van der Waals surface area contributed by atoms with E-state index in [1.165, 1.54) is 31.2 Å². The molecule has 1 aliphatic heterocycles. The van der Waals surface area contributed by atoms with Crippen LogP contribution in [0.2, 0.25) is 0 Å². The predicted octanol–water partition coefficient (Wildman–Crippen LogP) is 2.52. The molecule has 1 atom stereocenters. The van der Waals surface area contributed by atoms with Crippen molar-refractivity contribution in [2.75, 3.05) is 33.4 Å². The summed E-state index contributed by atoms with van der Waals surface area (Å²) in [6, 6.07) is 6.25. The van der Waals surface area contributed by atoms with Crippen LogP contribution >= 0.6 is 0 Å². The van der Waals surface area contributed by atoms with Crippen LogP contribution in [0.4, 0.5) is 0 Å². The highest BCUT2D eigenvalue weighted by Crippen LogP contribution is 2.27. The lowest BCUT2D eigenvalue weighted by Crippen LogP contribution is -2.41. The monoisotopic (exact) mass is 416 g/mol. The largest absolute Gasteiger partial charge is 0.488 e. The van der Waals surface area contributed by atoms with Gasteiger partial charge >= 0.3 is 0 Å². The highest BCUT2D eigenvalue weighted by atomic mass is 16.5. The van der Waals surface area contributed by atoms with Gasteiger partial charge in [-0.25, -0.2) is 0 Å². The van der Waals surface area contributed by atoms with Crippen molar-refractivity contribution >= 4 is 11.9 Å². The molecule has 2 aliphatic rings. The molecule has 2 fully saturated rings. The van der Waals surface area contributed by atoms with Crippen molar-refractivity contribution in [1.82, 2.24) is 16.0 Å². The minimum atomic E-state index is 0.121. The van der Waals surface area contributed by atoms with Crippen LogP contribution in [0.5, 0.6) is 5.75 Å². The lowest BCUT2D eigenvalue weighted by molar-refractivity contribution is -0.121. The Balaban J connectivity index is 1.40. The first-order valence-corrected chi connectivity index (χ1v) is 11.2. The molecule has 1 heterocycles. The van der Waals surface area contributed by atoms with Crippen LogP contribution in [0.15, 0.2) is 23.2 Å². The van der Waals surface area contributed by atoms with E-state index in [4.69, 9.17) is 9.47 Å².